The van der Waals surface area contributed by atoms with Gasteiger partial charge in [0.15, 0.2) is 6.10 Å². The van der Waals surface area contributed by atoms with Gasteiger partial charge in [-0.1, -0.05) is 0 Å². The molecule has 6 nitrogen and oxygen atoms in total. The van der Waals surface area contributed by atoms with Crippen LogP contribution in [-0.4, -0.2) is 42.4 Å². The molecule has 0 fully saturated rings. The lowest BCUT2D eigenvalue weighted by molar-refractivity contribution is -0.0314. The number of aliphatic hydroxyl groups is 1. The highest BCUT2D eigenvalue weighted by atomic mass is 127. The van der Waals surface area contributed by atoms with E-state index in [0.29, 0.717) is 11.3 Å². The molecule has 0 aromatic heterocycles. The monoisotopic (exact) mass is 503 g/mol. The van der Waals surface area contributed by atoms with Gasteiger partial charge in [0.25, 0.3) is 0 Å². The third-order valence-electron chi connectivity index (χ3n) is 3.92. The van der Waals surface area contributed by atoms with Crippen LogP contribution in [0.3, 0.4) is 0 Å². The van der Waals surface area contributed by atoms with E-state index in [1.165, 1.54) is 13.2 Å². The molecule has 146 valence electrons. The lowest BCUT2D eigenvalue weighted by Crippen LogP contribution is -2.29. The van der Waals surface area contributed by atoms with Gasteiger partial charge in [0.2, 0.25) is 0 Å². The number of thioether (sulfide) groups is 1. The molecule has 2 aromatic rings. The van der Waals surface area contributed by atoms with E-state index in [2.05, 4.69) is 27.9 Å². The van der Waals surface area contributed by atoms with E-state index in [4.69, 9.17) is 9.47 Å². The Kier molecular flexibility index (Phi) is 8.68. The maximum Gasteiger partial charge on any atom is 0.412 e. The van der Waals surface area contributed by atoms with Crippen molar-refractivity contribution in [3.8, 4) is 5.75 Å². The number of halogens is 1. The van der Waals surface area contributed by atoms with E-state index < -0.39 is 18.3 Å². The number of carbonyl (C=O) groups is 1. The summed E-state index contributed by atoms with van der Waals surface area (Å²) in [5.74, 6) is -0.00229. The van der Waals surface area contributed by atoms with E-state index in [1.807, 2.05) is 18.4 Å². The maximum absolute atomic E-state index is 12.4. The number of aromatic hydroxyl groups is 1. The molecular weight excluding hydrogens is 481 g/mol. The first-order chi connectivity index (χ1) is 13.0. The number of benzene rings is 2. The van der Waals surface area contributed by atoms with E-state index in [1.54, 1.807) is 36.0 Å². The first kappa shape index (κ1) is 21.8. The van der Waals surface area contributed by atoms with Crippen molar-refractivity contribution in [2.24, 2.45) is 0 Å². The van der Waals surface area contributed by atoms with Gasteiger partial charge in [0.05, 0.1) is 0 Å². The van der Waals surface area contributed by atoms with Gasteiger partial charge in [-0.05, 0) is 71.3 Å². The van der Waals surface area contributed by atoms with Gasteiger partial charge in [0.1, 0.15) is 11.9 Å². The fraction of sp³-hybridized carbons (Fsp3) is 0.316. The number of rotatable bonds is 8. The van der Waals surface area contributed by atoms with Crippen molar-refractivity contribution in [1.82, 2.24) is 0 Å². The minimum Gasteiger partial charge on any atom is -0.508 e. The molecule has 0 heterocycles. The first-order valence-electron chi connectivity index (χ1n) is 8.22. The average Bonchev–Trinajstić information content (AvgIpc) is 2.67. The fourth-order valence-electron chi connectivity index (χ4n) is 2.55. The third-order valence-corrected chi connectivity index (χ3v) is 5.34. The van der Waals surface area contributed by atoms with E-state index in [0.717, 1.165) is 8.47 Å². The van der Waals surface area contributed by atoms with Crippen LogP contribution in [0.1, 0.15) is 18.1 Å². The summed E-state index contributed by atoms with van der Waals surface area (Å²) in [7, 11) is 1.47. The highest BCUT2D eigenvalue weighted by Gasteiger charge is 2.29. The number of phenolic OH excluding ortho intramolecular Hbond substituents is 1. The topological polar surface area (TPSA) is 88.0 Å². The summed E-state index contributed by atoms with van der Waals surface area (Å²) in [4.78, 5) is 13.5. The summed E-state index contributed by atoms with van der Waals surface area (Å²) in [5.41, 5.74) is 1.02. The Morgan fingerprint density at radius 2 is 1.96 bits per heavy atom. The van der Waals surface area contributed by atoms with Gasteiger partial charge in [0, 0.05) is 39.9 Å². The number of aliphatic hydroxyl groups excluding tert-OH is 1. The predicted octanol–water partition coefficient (Wildman–Crippen LogP) is 4.41. The zero-order valence-corrected chi connectivity index (χ0v) is 18.0. The lowest BCUT2D eigenvalue weighted by Gasteiger charge is -2.26. The van der Waals surface area contributed by atoms with Crippen LogP contribution in [0.2, 0.25) is 0 Å². The molecule has 0 aliphatic heterocycles. The molecule has 0 unspecified atom stereocenters. The van der Waals surface area contributed by atoms with Crippen molar-refractivity contribution in [2.75, 3.05) is 25.3 Å². The second-order valence-electron chi connectivity index (χ2n) is 5.67. The molecule has 2 rings (SSSR count). The van der Waals surface area contributed by atoms with Crippen LogP contribution in [0.4, 0.5) is 10.5 Å². The smallest absolute Gasteiger partial charge is 0.412 e. The van der Waals surface area contributed by atoms with Crippen molar-refractivity contribution >= 4 is 46.1 Å². The van der Waals surface area contributed by atoms with Crippen LogP contribution >= 0.6 is 34.4 Å². The zero-order chi connectivity index (χ0) is 19.8. The van der Waals surface area contributed by atoms with Crippen LogP contribution < -0.4 is 5.32 Å². The number of carbonyl (C=O) groups excluding carboxylic acids is 1. The largest absolute Gasteiger partial charge is 0.508 e. The Labute approximate surface area is 176 Å². The van der Waals surface area contributed by atoms with Gasteiger partial charge in [-0.25, -0.2) is 4.79 Å². The standard InChI is InChI=1S/C19H22INO5S/c1-25-17(9-10-22)18(15-11-12(20)3-8-16(15)23)26-19(24)21-13-4-6-14(27-2)7-5-13/h3-8,11,17-18,22-23H,9-10H2,1-2H3,(H,21,24)/t17-,18-/m1/s1. The average molecular weight is 503 g/mol. The van der Waals surface area contributed by atoms with Gasteiger partial charge in [-0.2, -0.15) is 0 Å². The summed E-state index contributed by atoms with van der Waals surface area (Å²) in [6, 6.07) is 12.4. The Hall–Kier alpha value is -1.49. The van der Waals surface area contributed by atoms with Crippen molar-refractivity contribution in [3.63, 3.8) is 0 Å². The highest BCUT2D eigenvalue weighted by molar-refractivity contribution is 14.1. The Morgan fingerprint density at radius 1 is 1.26 bits per heavy atom. The number of hydrogen-bond donors (Lipinski definition) is 3. The van der Waals surface area contributed by atoms with E-state index >= 15 is 0 Å². The van der Waals surface area contributed by atoms with Crippen LogP contribution in [0.25, 0.3) is 0 Å². The second-order valence-corrected chi connectivity index (χ2v) is 7.79. The van der Waals surface area contributed by atoms with Crippen molar-refractivity contribution in [1.29, 1.82) is 0 Å². The normalized spacial score (nSPS) is 13.0. The molecular formula is C19H22INO5S. The summed E-state index contributed by atoms with van der Waals surface area (Å²) in [5, 5.41) is 22.2. The van der Waals surface area contributed by atoms with Crippen LogP contribution in [-0.2, 0) is 9.47 Å². The number of anilines is 1. The fourth-order valence-corrected chi connectivity index (χ4v) is 3.47. The van der Waals surface area contributed by atoms with Gasteiger partial charge in [-0.15, -0.1) is 11.8 Å². The summed E-state index contributed by atoms with van der Waals surface area (Å²) >= 11 is 3.72. The minimum atomic E-state index is -0.873. The molecule has 0 saturated heterocycles. The van der Waals surface area contributed by atoms with Crippen molar-refractivity contribution in [3.05, 3.63) is 51.6 Å². The number of amides is 1. The molecule has 27 heavy (non-hydrogen) atoms. The number of nitrogens with one attached hydrogen (secondary N) is 1. The van der Waals surface area contributed by atoms with Gasteiger partial charge >= 0.3 is 6.09 Å². The molecule has 0 saturated carbocycles. The SMILES string of the molecule is CO[C@H](CCO)[C@H](OC(=O)Nc1ccc(SC)cc1)c1cc(I)ccc1O. The number of hydrogen-bond acceptors (Lipinski definition) is 6. The lowest BCUT2D eigenvalue weighted by atomic mass is 10.0. The van der Waals surface area contributed by atoms with Crippen LogP contribution in [0.15, 0.2) is 47.4 Å². The number of phenols is 1. The van der Waals surface area contributed by atoms with Crippen molar-refractivity contribution in [2.45, 2.75) is 23.5 Å². The Bertz CT molecular complexity index is 756. The molecule has 2 atom stereocenters. The van der Waals surface area contributed by atoms with E-state index in [-0.39, 0.29) is 18.8 Å². The molecule has 1 amide bonds. The summed E-state index contributed by atoms with van der Waals surface area (Å²) < 4.78 is 11.9. The van der Waals surface area contributed by atoms with E-state index in [9.17, 15) is 15.0 Å². The highest BCUT2D eigenvalue weighted by Crippen LogP contribution is 2.33. The summed E-state index contributed by atoms with van der Waals surface area (Å²) in [6.45, 7) is -0.138. The maximum atomic E-state index is 12.4. The second kappa shape index (κ2) is 10.7. The van der Waals surface area contributed by atoms with Crippen LogP contribution in [0.5, 0.6) is 5.75 Å². The summed E-state index contributed by atoms with van der Waals surface area (Å²) in [6.07, 6.45) is 0.0734. The van der Waals surface area contributed by atoms with Gasteiger partial charge in [-0.3, -0.25) is 5.32 Å². The Balaban J connectivity index is 2.21. The quantitative estimate of drug-likeness (QED) is 0.366. The number of methoxy groups -OCH3 is 1. The molecule has 0 radical (unpaired) electrons. The van der Waals surface area contributed by atoms with Crippen LogP contribution in [0, 0.1) is 3.57 Å². The molecule has 3 N–H and O–H groups in total. The third kappa shape index (κ3) is 6.27. The van der Waals surface area contributed by atoms with Gasteiger partial charge < -0.3 is 19.7 Å². The zero-order valence-electron chi connectivity index (χ0n) is 15.0. The molecule has 2 aromatic carbocycles. The predicted molar refractivity (Wildman–Crippen MR) is 114 cm³/mol. The van der Waals surface area contributed by atoms with Crippen molar-refractivity contribution < 1.29 is 24.5 Å². The first-order valence-corrected chi connectivity index (χ1v) is 10.5. The molecule has 0 spiro atoms. The molecule has 0 aliphatic carbocycles. The minimum absolute atomic E-state index is 0.00229. The Morgan fingerprint density at radius 3 is 2.56 bits per heavy atom. The molecule has 0 bridgehead atoms. The molecule has 0 aliphatic rings. The number of ether oxygens (including phenoxy) is 2. The molecule has 8 heteroatoms.